The Morgan fingerprint density at radius 3 is 2.76 bits per heavy atom. The van der Waals surface area contributed by atoms with Crippen molar-refractivity contribution in [1.82, 2.24) is 9.88 Å². The number of nitriles is 1. The Morgan fingerprint density at radius 2 is 2.10 bits per heavy atom. The molecular formula is C18H19N3. The van der Waals surface area contributed by atoms with E-state index in [0.29, 0.717) is 11.6 Å². The lowest BCUT2D eigenvalue weighted by Gasteiger charge is -2.29. The fraction of sp³-hybridized carbons (Fsp3) is 0.333. The minimum Gasteiger partial charge on any atom is -0.297 e. The highest BCUT2D eigenvalue weighted by Gasteiger charge is 2.15. The molecule has 3 nitrogen and oxygen atoms in total. The van der Waals surface area contributed by atoms with Gasteiger partial charge in [-0.05, 0) is 50.1 Å². The van der Waals surface area contributed by atoms with Crippen molar-refractivity contribution in [2.75, 3.05) is 13.1 Å². The van der Waals surface area contributed by atoms with E-state index in [0.717, 1.165) is 36.1 Å². The highest BCUT2D eigenvalue weighted by Crippen LogP contribution is 2.24. The van der Waals surface area contributed by atoms with Gasteiger partial charge in [0.2, 0.25) is 0 Å². The molecule has 0 N–H and O–H groups in total. The molecule has 2 heterocycles. The minimum absolute atomic E-state index is 0.594. The number of nitrogens with zero attached hydrogens (tertiary/aromatic N) is 3. The van der Waals surface area contributed by atoms with Crippen LogP contribution in [0.1, 0.15) is 31.5 Å². The van der Waals surface area contributed by atoms with Crippen LogP contribution in [0.3, 0.4) is 0 Å². The molecule has 0 saturated heterocycles. The Labute approximate surface area is 125 Å². The molecule has 2 aromatic rings. The molecule has 0 aliphatic carbocycles. The molecule has 0 spiro atoms. The summed E-state index contributed by atoms with van der Waals surface area (Å²) in [4.78, 5) is 7.21. The summed E-state index contributed by atoms with van der Waals surface area (Å²) < 4.78 is 0. The van der Waals surface area contributed by atoms with E-state index in [9.17, 15) is 0 Å². The normalized spacial score (nSPS) is 16.0. The molecule has 1 aromatic carbocycles. The summed E-state index contributed by atoms with van der Waals surface area (Å²) in [5.41, 5.74) is 4.04. The van der Waals surface area contributed by atoms with E-state index >= 15 is 0 Å². The van der Waals surface area contributed by atoms with Gasteiger partial charge in [0.05, 0.1) is 22.8 Å². The third-order valence-corrected chi connectivity index (χ3v) is 4.12. The molecule has 1 aliphatic heterocycles. The van der Waals surface area contributed by atoms with E-state index in [1.54, 1.807) is 0 Å². The van der Waals surface area contributed by atoms with Gasteiger partial charge in [-0.2, -0.15) is 5.26 Å². The van der Waals surface area contributed by atoms with Gasteiger partial charge in [-0.15, -0.1) is 0 Å². The van der Waals surface area contributed by atoms with Gasteiger partial charge in [0.15, 0.2) is 0 Å². The highest BCUT2D eigenvalue weighted by molar-refractivity contribution is 5.82. The van der Waals surface area contributed by atoms with E-state index in [4.69, 9.17) is 10.2 Å². The third kappa shape index (κ3) is 2.81. The number of fused-ring (bicyclic) bond motifs is 1. The number of rotatable bonds is 2. The maximum Gasteiger partial charge on any atom is 0.0991 e. The van der Waals surface area contributed by atoms with Crippen LogP contribution in [-0.4, -0.2) is 29.0 Å². The number of hydrogen-bond acceptors (Lipinski definition) is 3. The van der Waals surface area contributed by atoms with Crippen LogP contribution in [0.4, 0.5) is 0 Å². The SMILES string of the molecule is CC(C)N1CC=C(c2ccc3cc(C#N)ccc3n2)CC1. The Balaban J connectivity index is 1.90. The molecule has 0 amide bonds. The van der Waals surface area contributed by atoms with Crippen molar-refractivity contribution in [2.45, 2.75) is 26.3 Å². The zero-order valence-electron chi connectivity index (χ0n) is 12.5. The van der Waals surface area contributed by atoms with E-state index in [1.165, 1.54) is 5.57 Å². The summed E-state index contributed by atoms with van der Waals surface area (Å²) in [7, 11) is 0. The van der Waals surface area contributed by atoms with Gasteiger partial charge in [-0.3, -0.25) is 4.90 Å². The van der Waals surface area contributed by atoms with E-state index < -0.39 is 0 Å². The van der Waals surface area contributed by atoms with Crippen LogP contribution < -0.4 is 0 Å². The topological polar surface area (TPSA) is 39.9 Å². The fourth-order valence-corrected chi connectivity index (χ4v) is 2.76. The molecule has 1 aromatic heterocycles. The Morgan fingerprint density at radius 1 is 1.24 bits per heavy atom. The first-order chi connectivity index (χ1) is 10.2. The molecule has 0 fully saturated rings. The monoisotopic (exact) mass is 277 g/mol. The average molecular weight is 277 g/mol. The second kappa shape index (κ2) is 5.67. The number of benzene rings is 1. The maximum atomic E-state index is 8.94. The molecule has 21 heavy (non-hydrogen) atoms. The Bertz CT molecular complexity index is 738. The summed E-state index contributed by atoms with van der Waals surface area (Å²) >= 11 is 0. The van der Waals surface area contributed by atoms with Crippen molar-refractivity contribution in [3.63, 3.8) is 0 Å². The molecule has 106 valence electrons. The van der Waals surface area contributed by atoms with Gasteiger partial charge < -0.3 is 0 Å². The van der Waals surface area contributed by atoms with E-state index in [-0.39, 0.29) is 0 Å². The van der Waals surface area contributed by atoms with Crippen molar-refractivity contribution in [3.8, 4) is 6.07 Å². The van der Waals surface area contributed by atoms with Crippen LogP contribution in [0.5, 0.6) is 0 Å². The second-order valence-electron chi connectivity index (χ2n) is 5.78. The Kier molecular flexibility index (Phi) is 3.72. The summed E-state index contributed by atoms with van der Waals surface area (Å²) in [6.45, 7) is 6.57. The van der Waals surface area contributed by atoms with Crippen LogP contribution in [0.15, 0.2) is 36.4 Å². The predicted molar refractivity (Wildman–Crippen MR) is 85.8 cm³/mol. The summed E-state index contributed by atoms with van der Waals surface area (Å²) in [6, 6.07) is 12.5. The van der Waals surface area contributed by atoms with Crippen LogP contribution in [0.25, 0.3) is 16.5 Å². The zero-order valence-corrected chi connectivity index (χ0v) is 12.5. The fourth-order valence-electron chi connectivity index (χ4n) is 2.76. The maximum absolute atomic E-state index is 8.94. The molecule has 3 rings (SSSR count). The first-order valence-electron chi connectivity index (χ1n) is 7.42. The summed E-state index contributed by atoms with van der Waals surface area (Å²) in [5, 5.41) is 9.97. The van der Waals surface area contributed by atoms with Crippen molar-refractivity contribution < 1.29 is 0 Å². The molecule has 0 unspecified atom stereocenters. The number of aromatic nitrogens is 1. The first-order valence-corrected chi connectivity index (χ1v) is 7.42. The molecule has 3 heteroatoms. The minimum atomic E-state index is 0.594. The predicted octanol–water partition coefficient (Wildman–Crippen LogP) is 3.60. The molecule has 0 atom stereocenters. The van der Waals surface area contributed by atoms with Gasteiger partial charge in [-0.25, -0.2) is 4.98 Å². The van der Waals surface area contributed by atoms with Crippen molar-refractivity contribution in [1.29, 1.82) is 5.26 Å². The van der Waals surface area contributed by atoms with Gasteiger partial charge in [-0.1, -0.05) is 12.1 Å². The van der Waals surface area contributed by atoms with Crippen LogP contribution in [0, 0.1) is 11.3 Å². The van der Waals surface area contributed by atoms with Crippen LogP contribution in [-0.2, 0) is 0 Å². The smallest absolute Gasteiger partial charge is 0.0991 e. The lowest BCUT2D eigenvalue weighted by Crippen LogP contribution is -2.34. The molecule has 0 bridgehead atoms. The lowest BCUT2D eigenvalue weighted by molar-refractivity contribution is 0.245. The number of pyridine rings is 1. The molecule has 0 saturated carbocycles. The highest BCUT2D eigenvalue weighted by atomic mass is 15.1. The second-order valence-corrected chi connectivity index (χ2v) is 5.78. The third-order valence-electron chi connectivity index (χ3n) is 4.12. The van der Waals surface area contributed by atoms with E-state index in [1.807, 2.05) is 18.2 Å². The largest absolute Gasteiger partial charge is 0.297 e. The number of hydrogen-bond donors (Lipinski definition) is 0. The summed E-state index contributed by atoms with van der Waals surface area (Å²) in [5.74, 6) is 0. The molecule has 1 aliphatic rings. The standard InChI is InChI=1S/C18H19N3/c1-13(2)21-9-7-15(8-10-21)17-6-4-16-11-14(12-19)3-5-18(16)20-17/h3-7,11,13H,8-10H2,1-2H3. The van der Waals surface area contributed by atoms with Crippen molar-refractivity contribution in [2.24, 2.45) is 0 Å². The van der Waals surface area contributed by atoms with Crippen LogP contribution in [0.2, 0.25) is 0 Å². The Hall–Kier alpha value is -2.18. The molecule has 0 radical (unpaired) electrons. The van der Waals surface area contributed by atoms with E-state index in [2.05, 4.69) is 43.0 Å². The van der Waals surface area contributed by atoms with Crippen molar-refractivity contribution in [3.05, 3.63) is 47.7 Å². The van der Waals surface area contributed by atoms with Crippen LogP contribution >= 0.6 is 0 Å². The van der Waals surface area contributed by atoms with Gasteiger partial charge in [0, 0.05) is 24.5 Å². The lowest BCUT2D eigenvalue weighted by atomic mass is 10.0. The van der Waals surface area contributed by atoms with Gasteiger partial charge >= 0.3 is 0 Å². The quantitative estimate of drug-likeness (QED) is 0.842. The zero-order chi connectivity index (χ0) is 14.8. The summed E-state index contributed by atoms with van der Waals surface area (Å²) in [6.07, 6.45) is 3.34. The van der Waals surface area contributed by atoms with Crippen molar-refractivity contribution >= 4 is 16.5 Å². The van der Waals surface area contributed by atoms with Gasteiger partial charge in [0.1, 0.15) is 0 Å². The average Bonchev–Trinajstić information content (AvgIpc) is 2.54. The first kappa shape index (κ1) is 13.8. The van der Waals surface area contributed by atoms with Gasteiger partial charge in [0.25, 0.3) is 0 Å². The molecular weight excluding hydrogens is 258 g/mol.